The van der Waals surface area contributed by atoms with Crippen LogP contribution in [0.25, 0.3) is 0 Å². The molecule has 0 aromatic heterocycles. The van der Waals surface area contributed by atoms with Crippen molar-refractivity contribution in [2.75, 3.05) is 36.8 Å². The number of rotatable bonds is 2. The minimum Gasteiger partial charge on any atom is -0.399 e. The van der Waals surface area contributed by atoms with E-state index in [9.17, 15) is 9.18 Å². The summed E-state index contributed by atoms with van der Waals surface area (Å²) >= 11 is 0. The zero-order valence-corrected chi connectivity index (χ0v) is 12.9. The van der Waals surface area contributed by atoms with Crippen molar-refractivity contribution in [3.63, 3.8) is 0 Å². The molecule has 0 bridgehead atoms. The summed E-state index contributed by atoms with van der Waals surface area (Å²) in [5.74, 6) is -0.365. The molecule has 1 amide bonds. The minimum absolute atomic E-state index is 0.0378. The third-order valence-corrected chi connectivity index (χ3v) is 4.13. The molecular formula is C18H20FN3O. The molecule has 0 unspecified atom stereocenters. The number of nitrogen functional groups attached to an aromatic ring is 1. The Morgan fingerprint density at radius 2 is 1.61 bits per heavy atom. The number of hydrogen-bond donors (Lipinski definition) is 1. The third-order valence-electron chi connectivity index (χ3n) is 4.13. The lowest BCUT2D eigenvalue weighted by Gasteiger charge is -2.24. The van der Waals surface area contributed by atoms with Gasteiger partial charge in [0.25, 0.3) is 5.91 Å². The van der Waals surface area contributed by atoms with E-state index in [0.29, 0.717) is 18.7 Å². The van der Waals surface area contributed by atoms with E-state index in [1.54, 1.807) is 12.1 Å². The first kappa shape index (κ1) is 15.3. The number of hydrogen-bond acceptors (Lipinski definition) is 3. The van der Waals surface area contributed by atoms with Gasteiger partial charge < -0.3 is 15.5 Å². The van der Waals surface area contributed by atoms with Gasteiger partial charge in [0, 0.05) is 43.1 Å². The Balaban J connectivity index is 1.67. The van der Waals surface area contributed by atoms with Crippen LogP contribution in [-0.2, 0) is 0 Å². The van der Waals surface area contributed by atoms with Gasteiger partial charge in [0.05, 0.1) is 0 Å². The van der Waals surface area contributed by atoms with E-state index in [1.165, 1.54) is 12.1 Å². The fourth-order valence-electron chi connectivity index (χ4n) is 2.84. The standard InChI is InChI=1S/C18H20FN3O/c19-15-4-2-14(3-5-15)18(23)22-11-1-10-21(12-13-22)17-8-6-16(20)7-9-17/h2-9H,1,10-13,20H2. The van der Waals surface area contributed by atoms with Gasteiger partial charge in [-0.25, -0.2) is 4.39 Å². The van der Waals surface area contributed by atoms with Gasteiger partial charge in [-0.05, 0) is 55.0 Å². The van der Waals surface area contributed by atoms with Crippen molar-refractivity contribution >= 4 is 17.3 Å². The van der Waals surface area contributed by atoms with E-state index in [4.69, 9.17) is 5.73 Å². The van der Waals surface area contributed by atoms with Crippen molar-refractivity contribution in [1.29, 1.82) is 0 Å². The van der Waals surface area contributed by atoms with Crippen molar-refractivity contribution in [3.8, 4) is 0 Å². The van der Waals surface area contributed by atoms with Gasteiger partial charge in [-0.1, -0.05) is 0 Å². The summed E-state index contributed by atoms with van der Waals surface area (Å²) in [5.41, 5.74) is 8.13. The minimum atomic E-state index is -0.327. The zero-order valence-electron chi connectivity index (χ0n) is 12.9. The highest BCUT2D eigenvalue weighted by atomic mass is 19.1. The molecule has 0 aliphatic carbocycles. The lowest BCUT2D eigenvalue weighted by molar-refractivity contribution is 0.0767. The highest BCUT2D eigenvalue weighted by Gasteiger charge is 2.20. The molecule has 0 radical (unpaired) electrons. The predicted octanol–water partition coefficient (Wildman–Crippen LogP) is 2.76. The van der Waals surface area contributed by atoms with E-state index in [0.717, 1.165) is 30.9 Å². The van der Waals surface area contributed by atoms with Gasteiger partial charge >= 0.3 is 0 Å². The molecule has 1 fully saturated rings. The Kier molecular flexibility index (Phi) is 4.46. The summed E-state index contributed by atoms with van der Waals surface area (Å²) in [6.07, 6.45) is 0.900. The molecular weight excluding hydrogens is 293 g/mol. The monoisotopic (exact) mass is 313 g/mol. The highest BCUT2D eigenvalue weighted by Crippen LogP contribution is 2.19. The quantitative estimate of drug-likeness (QED) is 0.867. The molecule has 5 heteroatoms. The molecule has 3 rings (SSSR count). The predicted molar refractivity (Wildman–Crippen MR) is 90.0 cm³/mol. The second-order valence-corrected chi connectivity index (χ2v) is 5.73. The molecule has 23 heavy (non-hydrogen) atoms. The summed E-state index contributed by atoms with van der Waals surface area (Å²) < 4.78 is 13.0. The summed E-state index contributed by atoms with van der Waals surface area (Å²) in [6.45, 7) is 3.04. The topological polar surface area (TPSA) is 49.6 Å². The van der Waals surface area contributed by atoms with Crippen LogP contribution in [0.4, 0.5) is 15.8 Å². The van der Waals surface area contributed by atoms with Crippen molar-refractivity contribution in [1.82, 2.24) is 4.90 Å². The molecule has 1 heterocycles. The molecule has 1 aliphatic rings. The van der Waals surface area contributed by atoms with E-state index < -0.39 is 0 Å². The lowest BCUT2D eigenvalue weighted by Crippen LogP contribution is -2.35. The molecule has 1 aliphatic heterocycles. The number of amides is 1. The second-order valence-electron chi connectivity index (χ2n) is 5.73. The van der Waals surface area contributed by atoms with Crippen LogP contribution in [0, 0.1) is 5.82 Å². The Bertz CT molecular complexity index is 670. The van der Waals surface area contributed by atoms with Crippen LogP contribution in [0.5, 0.6) is 0 Å². The second kappa shape index (κ2) is 6.69. The fourth-order valence-corrected chi connectivity index (χ4v) is 2.84. The molecule has 120 valence electrons. The maximum absolute atomic E-state index is 13.0. The number of benzene rings is 2. The molecule has 1 saturated heterocycles. The van der Waals surface area contributed by atoms with E-state index in [-0.39, 0.29) is 11.7 Å². The number of nitrogens with two attached hydrogens (primary N) is 1. The van der Waals surface area contributed by atoms with Crippen LogP contribution in [-0.4, -0.2) is 37.0 Å². The Morgan fingerprint density at radius 3 is 2.30 bits per heavy atom. The van der Waals surface area contributed by atoms with Crippen LogP contribution >= 0.6 is 0 Å². The maximum Gasteiger partial charge on any atom is 0.253 e. The highest BCUT2D eigenvalue weighted by molar-refractivity contribution is 5.94. The third kappa shape index (κ3) is 3.62. The molecule has 0 spiro atoms. The van der Waals surface area contributed by atoms with Crippen LogP contribution < -0.4 is 10.6 Å². The fraction of sp³-hybridized carbons (Fsp3) is 0.278. The number of carbonyl (C=O) groups excluding carboxylic acids is 1. The van der Waals surface area contributed by atoms with Crippen molar-refractivity contribution in [2.45, 2.75) is 6.42 Å². The van der Waals surface area contributed by atoms with Gasteiger partial charge in [0.1, 0.15) is 5.82 Å². The molecule has 2 N–H and O–H groups in total. The van der Waals surface area contributed by atoms with Crippen molar-refractivity contribution < 1.29 is 9.18 Å². The molecule has 0 atom stereocenters. The molecule has 2 aromatic carbocycles. The van der Waals surface area contributed by atoms with Crippen LogP contribution in [0.1, 0.15) is 16.8 Å². The maximum atomic E-state index is 13.0. The number of carbonyl (C=O) groups is 1. The molecule has 4 nitrogen and oxygen atoms in total. The summed E-state index contributed by atoms with van der Waals surface area (Å²) in [6, 6.07) is 13.5. The SMILES string of the molecule is Nc1ccc(N2CCCN(C(=O)c3ccc(F)cc3)CC2)cc1. The van der Waals surface area contributed by atoms with Gasteiger partial charge in [0.2, 0.25) is 0 Å². The van der Waals surface area contributed by atoms with E-state index in [1.807, 2.05) is 29.2 Å². The van der Waals surface area contributed by atoms with Gasteiger partial charge in [-0.3, -0.25) is 4.79 Å². The first-order valence-corrected chi connectivity index (χ1v) is 7.79. The average molecular weight is 313 g/mol. The molecule has 2 aromatic rings. The van der Waals surface area contributed by atoms with E-state index >= 15 is 0 Å². The normalized spacial score (nSPS) is 15.3. The van der Waals surface area contributed by atoms with Gasteiger partial charge in [-0.2, -0.15) is 0 Å². The number of nitrogens with zero attached hydrogens (tertiary/aromatic N) is 2. The van der Waals surface area contributed by atoms with Gasteiger partial charge in [-0.15, -0.1) is 0 Å². The number of anilines is 2. The first-order valence-electron chi connectivity index (χ1n) is 7.79. The largest absolute Gasteiger partial charge is 0.399 e. The Labute approximate surface area is 135 Å². The van der Waals surface area contributed by atoms with E-state index in [2.05, 4.69) is 4.90 Å². The van der Waals surface area contributed by atoms with Crippen molar-refractivity contribution in [3.05, 3.63) is 59.9 Å². The Hall–Kier alpha value is -2.56. The van der Waals surface area contributed by atoms with Crippen LogP contribution in [0.15, 0.2) is 48.5 Å². The molecule has 0 saturated carbocycles. The van der Waals surface area contributed by atoms with Crippen molar-refractivity contribution in [2.24, 2.45) is 0 Å². The van der Waals surface area contributed by atoms with Gasteiger partial charge in [0.15, 0.2) is 0 Å². The smallest absolute Gasteiger partial charge is 0.253 e. The van der Waals surface area contributed by atoms with Crippen LogP contribution in [0.2, 0.25) is 0 Å². The number of halogens is 1. The summed E-state index contributed by atoms with van der Waals surface area (Å²) in [5, 5.41) is 0. The first-order chi connectivity index (χ1) is 11.1. The Morgan fingerprint density at radius 1 is 0.913 bits per heavy atom. The van der Waals surface area contributed by atoms with Crippen LogP contribution in [0.3, 0.4) is 0 Å². The lowest BCUT2D eigenvalue weighted by atomic mass is 10.2. The summed E-state index contributed by atoms with van der Waals surface area (Å²) in [7, 11) is 0. The average Bonchev–Trinajstić information content (AvgIpc) is 2.82. The zero-order chi connectivity index (χ0) is 16.2. The summed E-state index contributed by atoms with van der Waals surface area (Å²) in [4.78, 5) is 16.6.